The van der Waals surface area contributed by atoms with Crippen molar-refractivity contribution in [3.63, 3.8) is 0 Å². The third-order valence-electron chi connectivity index (χ3n) is 3.91. The molecule has 2 unspecified atom stereocenters. The van der Waals surface area contributed by atoms with Gasteiger partial charge in [-0.25, -0.2) is 0 Å². The van der Waals surface area contributed by atoms with E-state index in [-0.39, 0.29) is 0 Å². The molecule has 0 saturated heterocycles. The molecule has 0 amide bonds. The van der Waals surface area contributed by atoms with E-state index in [1.165, 1.54) is 57.8 Å². The number of hydrogen-bond donors (Lipinski definition) is 0. The van der Waals surface area contributed by atoms with Gasteiger partial charge in [0, 0.05) is 4.83 Å². The lowest BCUT2D eigenvalue weighted by molar-refractivity contribution is 0.00296. The summed E-state index contributed by atoms with van der Waals surface area (Å²) < 4.78 is 6.06. The van der Waals surface area contributed by atoms with Crippen LogP contribution in [0.15, 0.2) is 0 Å². The second-order valence-electron chi connectivity index (χ2n) is 5.15. The second-order valence-corrected chi connectivity index (χ2v) is 6.33. The molecule has 2 atom stereocenters. The number of rotatable bonds is 3. The van der Waals surface area contributed by atoms with Gasteiger partial charge in [-0.05, 0) is 31.6 Å². The molecule has 2 saturated carbocycles. The van der Waals surface area contributed by atoms with Gasteiger partial charge in [0.25, 0.3) is 0 Å². The third kappa shape index (κ3) is 3.74. The summed E-state index contributed by atoms with van der Waals surface area (Å²) in [7, 11) is 0. The molecule has 2 aliphatic carbocycles. The lowest BCUT2D eigenvalue weighted by atomic mass is 9.89. The molecule has 2 aliphatic rings. The Bertz CT molecular complexity index is 177. The molecule has 0 aromatic heterocycles. The van der Waals surface area contributed by atoms with E-state index >= 15 is 0 Å². The van der Waals surface area contributed by atoms with E-state index in [1.54, 1.807) is 0 Å². The van der Waals surface area contributed by atoms with E-state index in [2.05, 4.69) is 15.9 Å². The Kier molecular flexibility index (Phi) is 4.96. The quantitative estimate of drug-likeness (QED) is 0.698. The summed E-state index contributed by atoms with van der Waals surface area (Å²) >= 11 is 3.80. The average Bonchev–Trinajstić information content (AvgIpc) is 2.29. The Morgan fingerprint density at radius 1 is 0.867 bits per heavy atom. The molecule has 0 heterocycles. The maximum Gasteiger partial charge on any atom is 0.0575 e. The Labute approximate surface area is 102 Å². The Hall–Kier alpha value is 0.440. The number of hydrogen-bond acceptors (Lipinski definition) is 1. The van der Waals surface area contributed by atoms with Crippen molar-refractivity contribution in [3.05, 3.63) is 0 Å². The standard InChI is InChI=1S/C13H23BrO/c14-13-9-5-4-6-11(13)10-15-12-7-2-1-3-8-12/h11-13H,1-10H2. The van der Waals surface area contributed by atoms with Gasteiger partial charge in [-0.3, -0.25) is 0 Å². The van der Waals surface area contributed by atoms with E-state index in [4.69, 9.17) is 4.74 Å². The molecule has 0 spiro atoms. The molecular weight excluding hydrogens is 252 g/mol. The van der Waals surface area contributed by atoms with Crippen LogP contribution in [0.25, 0.3) is 0 Å². The van der Waals surface area contributed by atoms with Crippen LogP contribution in [-0.2, 0) is 4.74 Å². The molecule has 0 radical (unpaired) electrons. The van der Waals surface area contributed by atoms with E-state index in [9.17, 15) is 0 Å². The third-order valence-corrected chi connectivity index (χ3v) is 5.12. The van der Waals surface area contributed by atoms with Gasteiger partial charge >= 0.3 is 0 Å². The fraction of sp³-hybridized carbons (Fsp3) is 1.00. The highest BCUT2D eigenvalue weighted by Crippen LogP contribution is 2.31. The molecule has 2 fully saturated rings. The Morgan fingerprint density at radius 2 is 1.53 bits per heavy atom. The highest BCUT2D eigenvalue weighted by molar-refractivity contribution is 9.09. The summed E-state index contributed by atoms with van der Waals surface area (Å²) in [5.74, 6) is 0.778. The normalized spacial score (nSPS) is 34.2. The van der Waals surface area contributed by atoms with E-state index < -0.39 is 0 Å². The molecule has 88 valence electrons. The predicted octanol–water partition coefficient (Wildman–Crippen LogP) is 4.29. The van der Waals surface area contributed by atoms with Crippen molar-refractivity contribution < 1.29 is 4.74 Å². The first-order chi connectivity index (χ1) is 7.36. The zero-order chi connectivity index (χ0) is 10.5. The number of halogens is 1. The van der Waals surface area contributed by atoms with Crippen LogP contribution < -0.4 is 0 Å². The van der Waals surface area contributed by atoms with E-state index in [0.29, 0.717) is 6.10 Å². The molecule has 15 heavy (non-hydrogen) atoms. The maximum absolute atomic E-state index is 6.06. The average molecular weight is 275 g/mol. The van der Waals surface area contributed by atoms with Gasteiger partial charge in [-0.1, -0.05) is 48.0 Å². The van der Waals surface area contributed by atoms with Crippen LogP contribution in [0.1, 0.15) is 57.8 Å². The number of ether oxygens (including phenoxy) is 1. The minimum atomic E-state index is 0.584. The van der Waals surface area contributed by atoms with Gasteiger partial charge in [0.2, 0.25) is 0 Å². The number of alkyl halides is 1. The summed E-state index contributed by atoms with van der Waals surface area (Å²) in [6, 6.07) is 0. The molecular formula is C13H23BrO. The Morgan fingerprint density at radius 3 is 2.27 bits per heavy atom. The lowest BCUT2D eigenvalue weighted by Gasteiger charge is -2.30. The predicted molar refractivity (Wildman–Crippen MR) is 67.5 cm³/mol. The van der Waals surface area contributed by atoms with Crippen molar-refractivity contribution in [2.45, 2.75) is 68.7 Å². The second kappa shape index (κ2) is 6.24. The minimum Gasteiger partial charge on any atom is -0.378 e. The zero-order valence-electron chi connectivity index (χ0n) is 9.59. The fourth-order valence-electron chi connectivity index (χ4n) is 2.84. The lowest BCUT2D eigenvalue weighted by Crippen LogP contribution is -2.27. The van der Waals surface area contributed by atoms with E-state index in [0.717, 1.165) is 17.4 Å². The largest absolute Gasteiger partial charge is 0.378 e. The summed E-state index contributed by atoms with van der Waals surface area (Å²) in [4.78, 5) is 0.717. The molecule has 0 aliphatic heterocycles. The van der Waals surface area contributed by atoms with Gasteiger partial charge < -0.3 is 4.74 Å². The topological polar surface area (TPSA) is 9.23 Å². The highest BCUT2D eigenvalue weighted by Gasteiger charge is 2.24. The fourth-order valence-corrected chi connectivity index (χ4v) is 3.58. The smallest absolute Gasteiger partial charge is 0.0575 e. The van der Waals surface area contributed by atoms with Crippen LogP contribution in [0.5, 0.6) is 0 Å². The van der Waals surface area contributed by atoms with E-state index in [1.807, 2.05) is 0 Å². The molecule has 0 bridgehead atoms. The zero-order valence-corrected chi connectivity index (χ0v) is 11.2. The first-order valence-corrected chi connectivity index (χ1v) is 7.53. The van der Waals surface area contributed by atoms with Gasteiger partial charge in [0.05, 0.1) is 12.7 Å². The summed E-state index contributed by atoms with van der Waals surface area (Å²) in [5.41, 5.74) is 0. The van der Waals surface area contributed by atoms with Gasteiger partial charge in [0.15, 0.2) is 0 Å². The SMILES string of the molecule is BrC1CCCCC1COC1CCCCC1. The molecule has 0 aromatic rings. The summed E-state index contributed by atoms with van der Waals surface area (Å²) in [5, 5.41) is 0. The van der Waals surface area contributed by atoms with Crippen LogP contribution in [0, 0.1) is 5.92 Å². The Balaban J connectivity index is 1.67. The van der Waals surface area contributed by atoms with Crippen LogP contribution in [0.3, 0.4) is 0 Å². The van der Waals surface area contributed by atoms with Crippen molar-refractivity contribution in [3.8, 4) is 0 Å². The molecule has 2 heteroatoms. The van der Waals surface area contributed by atoms with Crippen molar-refractivity contribution >= 4 is 15.9 Å². The first kappa shape index (κ1) is 11.9. The van der Waals surface area contributed by atoms with Gasteiger partial charge in [-0.15, -0.1) is 0 Å². The van der Waals surface area contributed by atoms with Crippen LogP contribution in [0.2, 0.25) is 0 Å². The van der Waals surface area contributed by atoms with Crippen molar-refractivity contribution in [1.29, 1.82) is 0 Å². The van der Waals surface area contributed by atoms with Crippen LogP contribution >= 0.6 is 15.9 Å². The van der Waals surface area contributed by atoms with Crippen molar-refractivity contribution in [1.82, 2.24) is 0 Å². The van der Waals surface area contributed by atoms with Crippen LogP contribution in [-0.4, -0.2) is 17.5 Å². The molecule has 2 rings (SSSR count). The molecule has 0 N–H and O–H groups in total. The highest BCUT2D eigenvalue weighted by atomic mass is 79.9. The molecule has 1 nitrogen and oxygen atoms in total. The summed E-state index contributed by atoms with van der Waals surface area (Å²) in [6.07, 6.45) is 12.9. The van der Waals surface area contributed by atoms with Crippen molar-refractivity contribution in [2.75, 3.05) is 6.61 Å². The van der Waals surface area contributed by atoms with Crippen LogP contribution in [0.4, 0.5) is 0 Å². The van der Waals surface area contributed by atoms with Gasteiger partial charge in [-0.2, -0.15) is 0 Å². The minimum absolute atomic E-state index is 0.584. The van der Waals surface area contributed by atoms with Crippen molar-refractivity contribution in [2.24, 2.45) is 5.92 Å². The van der Waals surface area contributed by atoms with Gasteiger partial charge in [0.1, 0.15) is 0 Å². The first-order valence-electron chi connectivity index (χ1n) is 6.62. The molecule has 0 aromatic carbocycles. The monoisotopic (exact) mass is 274 g/mol. The summed E-state index contributed by atoms with van der Waals surface area (Å²) in [6.45, 7) is 1.00. The maximum atomic E-state index is 6.06.